The molecule has 3 aromatic rings. The number of rotatable bonds is 6. The Bertz CT molecular complexity index is 1170. The van der Waals surface area contributed by atoms with E-state index < -0.39 is 18.9 Å². The first-order chi connectivity index (χ1) is 17.0. The predicted molar refractivity (Wildman–Crippen MR) is 119 cm³/mol. The van der Waals surface area contributed by atoms with E-state index in [0.29, 0.717) is 24.0 Å². The lowest BCUT2D eigenvalue weighted by atomic mass is 9.88. The smallest absolute Gasteiger partial charge is 0.428 e. The quantitative estimate of drug-likeness (QED) is 0.340. The summed E-state index contributed by atoms with van der Waals surface area (Å²) in [6.07, 6.45) is -12.3. The van der Waals surface area contributed by atoms with Crippen molar-refractivity contribution >= 4 is 5.69 Å². The van der Waals surface area contributed by atoms with Gasteiger partial charge in [0.2, 0.25) is 0 Å². The van der Waals surface area contributed by atoms with Crippen LogP contribution in [0.4, 0.5) is 36.4 Å². The van der Waals surface area contributed by atoms with Crippen molar-refractivity contribution in [1.82, 2.24) is 0 Å². The van der Waals surface area contributed by atoms with Crippen molar-refractivity contribution in [2.24, 2.45) is 0 Å². The zero-order chi connectivity index (χ0) is 26.5. The van der Waals surface area contributed by atoms with Gasteiger partial charge >= 0.3 is 18.9 Å². The van der Waals surface area contributed by atoms with Gasteiger partial charge in [-0.25, -0.2) is 0 Å². The normalized spacial score (nSPS) is 15.3. The minimum atomic E-state index is -4.80. The third kappa shape index (κ3) is 6.60. The summed E-state index contributed by atoms with van der Waals surface area (Å²) in [7, 11) is 1.00. The van der Waals surface area contributed by atoms with Crippen molar-refractivity contribution in [2.75, 3.05) is 12.4 Å². The highest BCUT2D eigenvalue weighted by molar-refractivity contribution is 5.76. The monoisotopic (exact) mass is 517 g/mol. The van der Waals surface area contributed by atoms with Crippen molar-refractivity contribution in [3.8, 4) is 22.6 Å². The van der Waals surface area contributed by atoms with Crippen molar-refractivity contribution in [3.05, 3.63) is 77.9 Å². The van der Waals surface area contributed by atoms with E-state index in [1.165, 1.54) is 36.4 Å². The lowest BCUT2D eigenvalue weighted by molar-refractivity contribution is -0.274. The summed E-state index contributed by atoms with van der Waals surface area (Å²) >= 11 is 0. The number of halogens is 7. The van der Waals surface area contributed by atoms with Crippen LogP contribution in [0.3, 0.4) is 0 Å². The maximum absolute atomic E-state index is 13.3. The molecule has 0 saturated carbocycles. The van der Waals surface area contributed by atoms with Crippen LogP contribution in [0, 0.1) is 0 Å². The number of nitrogens with one attached hydrogen (secondary N) is 1. The van der Waals surface area contributed by atoms with Crippen LogP contribution in [0.15, 0.2) is 66.7 Å². The highest BCUT2D eigenvalue weighted by atomic mass is 19.4. The molecule has 1 heterocycles. The van der Waals surface area contributed by atoms with Crippen LogP contribution in [-0.2, 0) is 6.42 Å². The van der Waals surface area contributed by atoms with Crippen LogP contribution in [0.25, 0.3) is 11.1 Å². The Morgan fingerprint density at radius 3 is 2.17 bits per heavy atom. The maximum atomic E-state index is 13.3. The predicted octanol–water partition coefficient (Wildman–Crippen LogP) is 7.20. The number of hydrogen-bond donors (Lipinski definition) is 2. The first-order valence-corrected chi connectivity index (χ1v) is 10.7. The van der Waals surface area contributed by atoms with Gasteiger partial charge in [0, 0.05) is 12.8 Å². The van der Waals surface area contributed by atoms with Gasteiger partial charge in [0.1, 0.15) is 11.5 Å². The third-order valence-electron chi connectivity index (χ3n) is 5.34. The number of aliphatic hydroxyl groups is 1. The zero-order valence-electron chi connectivity index (χ0n) is 18.8. The van der Waals surface area contributed by atoms with E-state index in [1.807, 2.05) is 0 Å². The van der Waals surface area contributed by atoms with Crippen molar-refractivity contribution < 1.29 is 45.3 Å². The summed E-state index contributed by atoms with van der Waals surface area (Å²) in [5.41, 5.74) is 3.44. The van der Waals surface area contributed by atoms with Gasteiger partial charge in [0.05, 0.1) is 6.04 Å². The van der Waals surface area contributed by atoms with Gasteiger partial charge in [-0.15, -0.1) is 13.2 Å². The third-order valence-corrected chi connectivity index (χ3v) is 5.34. The second-order valence-corrected chi connectivity index (χ2v) is 7.68. The van der Waals surface area contributed by atoms with Crippen molar-refractivity contribution in [2.45, 2.75) is 37.8 Å². The van der Waals surface area contributed by atoms with E-state index in [4.69, 9.17) is 5.11 Å². The van der Waals surface area contributed by atoms with Gasteiger partial charge in [0.15, 0.2) is 0 Å². The van der Waals surface area contributed by atoms with E-state index in [1.54, 1.807) is 30.3 Å². The molecule has 0 saturated heterocycles. The molecule has 0 radical (unpaired) electrons. The summed E-state index contributed by atoms with van der Waals surface area (Å²) in [4.78, 5) is 0. The summed E-state index contributed by atoms with van der Waals surface area (Å²) in [5.74, 6) is -0.715. The first-order valence-electron chi connectivity index (χ1n) is 10.7. The molecule has 36 heavy (non-hydrogen) atoms. The van der Waals surface area contributed by atoms with E-state index in [9.17, 15) is 30.7 Å². The molecule has 1 atom stereocenters. The fourth-order valence-electron chi connectivity index (χ4n) is 3.92. The average molecular weight is 517 g/mol. The fraction of sp³-hybridized carbons (Fsp3) is 0.280. The molecule has 0 bridgehead atoms. The Morgan fingerprint density at radius 2 is 1.50 bits per heavy atom. The van der Waals surface area contributed by atoms with Crippen LogP contribution >= 0.6 is 0 Å². The van der Waals surface area contributed by atoms with Gasteiger partial charge < -0.3 is 19.9 Å². The second-order valence-electron chi connectivity index (χ2n) is 7.68. The average Bonchev–Trinajstić information content (AvgIpc) is 2.83. The van der Waals surface area contributed by atoms with Gasteiger partial charge in [-0.1, -0.05) is 36.4 Å². The van der Waals surface area contributed by atoms with E-state index in [0.717, 1.165) is 23.9 Å². The summed E-state index contributed by atoms with van der Waals surface area (Å²) < 4.78 is 97.4. The van der Waals surface area contributed by atoms with E-state index in [-0.39, 0.29) is 17.5 Å². The van der Waals surface area contributed by atoms with E-state index in [2.05, 4.69) is 14.8 Å². The molecular formula is C25H22F7NO3. The molecule has 0 spiro atoms. The molecule has 4 nitrogen and oxygen atoms in total. The number of hydrogen-bond acceptors (Lipinski definition) is 4. The van der Waals surface area contributed by atoms with Crippen LogP contribution in [-0.4, -0.2) is 31.1 Å². The lowest BCUT2D eigenvalue weighted by Crippen LogP contribution is -2.33. The number of aliphatic hydroxyl groups excluding tert-OH is 1. The summed E-state index contributed by atoms with van der Waals surface area (Å²) in [5, 5.41) is 10.3. The Morgan fingerprint density at radius 1 is 0.861 bits per heavy atom. The minimum absolute atomic E-state index is 0.314. The Balaban J connectivity index is 0.00000176. The molecule has 3 aromatic carbocycles. The SMILES string of the molecule is CO.FC(F)C(F)(F)Oc1cccc(C2CCc3c(cccc3-c3cccc(OC(F)(F)F)c3)N2)c1. The number of ether oxygens (including phenoxy) is 2. The number of benzene rings is 3. The standard InChI is InChI=1S/C24H18F7NO2.CH4O/c25-22(26)23(27,28)33-16-6-2-5-15(13-16)20-11-10-19-18(8-3-9-21(19)32-20)14-4-1-7-17(12-14)34-24(29,30)31;1-2/h1-9,12-13,20,22,32H,10-11H2;2H,1H3. The lowest BCUT2D eigenvalue weighted by Gasteiger charge is -2.29. The van der Waals surface area contributed by atoms with Crippen LogP contribution in [0.2, 0.25) is 0 Å². The zero-order valence-corrected chi connectivity index (χ0v) is 18.8. The molecule has 0 aliphatic carbocycles. The number of anilines is 1. The first kappa shape index (κ1) is 27.1. The minimum Gasteiger partial charge on any atom is -0.428 e. The van der Waals surface area contributed by atoms with E-state index >= 15 is 0 Å². The van der Waals surface area contributed by atoms with Gasteiger partial charge in [0.25, 0.3) is 0 Å². The molecule has 1 aliphatic heterocycles. The summed E-state index contributed by atoms with van der Waals surface area (Å²) in [6, 6.07) is 16.2. The van der Waals surface area contributed by atoms with Gasteiger partial charge in [-0.2, -0.15) is 17.6 Å². The largest absolute Gasteiger partial charge is 0.573 e. The number of fused-ring (bicyclic) bond motifs is 1. The topological polar surface area (TPSA) is 50.7 Å². The highest BCUT2D eigenvalue weighted by Crippen LogP contribution is 2.40. The molecule has 0 amide bonds. The van der Waals surface area contributed by atoms with Crippen molar-refractivity contribution in [3.63, 3.8) is 0 Å². The Kier molecular flexibility index (Phi) is 8.34. The highest BCUT2D eigenvalue weighted by Gasteiger charge is 2.44. The molecule has 2 N–H and O–H groups in total. The summed E-state index contributed by atoms with van der Waals surface area (Å²) in [6.45, 7) is 0. The second kappa shape index (κ2) is 11.1. The van der Waals surface area contributed by atoms with Gasteiger partial charge in [-0.05, 0) is 65.4 Å². The molecule has 1 unspecified atom stereocenters. The Hall–Kier alpha value is -3.47. The van der Waals surface area contributed by atoms with Crippen LogP contribution in [0.5, 0.6) is 11.5 Å². The van der Waals surface area contributed by atoms with Gasteiger partial charge in [-0.3, -0.25) is 0 Å². The molecule has 0 aromatic heterocycles. The molecule has 194 valence electrons. The van der Waals surface area contributed by atoms with Crippen molar-refractivity contribution in [1.29, 1.82) is 0 Å². The molecule has 11 heteroatoms. The fourth-order valence-corrected chi connectivity index (χ4v) is 3.92. The molecular weight excluding hydrogens is 495 g/mol. The Labute approximate surface area is 202 Å². The molecule has 1 aliphatic rings. The molecule has 0 fully saturated rings. The van der Waals surface area contributed by atoms with Crippen LogP contribution in [0.1, 0.15) is 23.6 Å². The maximum Gasteiger partial charge on any atom is 0.573 e. The number of alkyl halides is 7. The molecule has 4 rings (SSSR count). The van der Waals surface area contributed by atoms with Crippen LogP contribution < -0.4 is 14.8 Å².